The standard InChI is InChI=1S/C31H40N4O3/c1-20-26-18-35(24-6-14-38-15-7-24)19-31(20,26)23-4-2-21(3-5-23)22-16-25(27(32)33-17-22)28(36)34-29-8-11-30(37,12-9-29)13-10-29/h2-5,16-17,20,24,26,37H,6-15,18-19H2,1H3,(H2,32,33)(H,34,36)/t20-,26+,29?,30?,31-/m0/s1. The van der Waals surface area contributed by atoms with Crippen LogP contribution >= 0.6 is 0 Å². The second-order valence-corrected chi connectivity index (χ2v) is 12.9. The van der Waals surface area contributed by atoms with E-state index in [9.17, 15) is 9.90 Å². The van der Waals surface area contributed by atoms with Crippen molar-refractivity contribution in [3.8, 4) is 11.1 Å². The molecule has 4 aliphatic carbocycles. The third kappa shape index (κ3) is 3.89. The monoisotopic (exact) mass is 516 g/mol. The Kier molecular flexibility index (Phi) is 5.66. The molecular weight excluding hydrogens is 476 g/mol. The Hall–Kier alpha value is -2.48. The highest BCUT2D eigenvalue weighted by Gasteiger charge is 2.67. The van der Waals surface area contributed by atoms with Crippen molar-refractivity contribution in [3.63, 3.8) is 0 Å². The lowest BCUT2D eigenvalue weighted by molar-refractivity contribution is -0.0702. The quantitative estimate of drug-likeness (QED) is 0.557. The average molecular weight is 517 g/mol. The topological polar surface area (TPSA) is 101 Å². The third-order valence-corrected chi connectivity index (χ3v) is 11.1. The summed E-state index contributed by atoms with van der Waals surface area (Å²) >= 11 is 0. The molecule has 8 rings (SSSR count). The van der Waals surface area contributed by atoms with E-state index in [0.717, 1.165) is 88.2 Å². The largest absolute Gasteiger partial charge is 0.390 e. The number of nitrogens with zero attached hydrogens (tertiary/aromatic N) is 2. The number of nitrogens with one attached hydrogen (secondary N) is 1. The number of aromatic nitrogens is 1. The van der Waals surface area contributed by atoms with Crippen molar-refractivity contribution >= 4 is 11.7 Å². The molecule has 0 radical (unpaired) electrons. The molecule has 7 heteroatoms. The van der Waals surface area contributed by atoms with E-state index in [1.54, 1.807) is 6.20 Å². The van der Waals surface area contributed by atoms with Crippen LogP contribution in [0.4, 0.5) is 5.82 Å². The number of likely N-dealkylation sites (tertiary alicyclic amines) is 1. The number of hydrogen-bond acceptors (Lipinski definition) is 6. The lowest BCUT2D eigenvalue weighted by atomic mass is 9.63. The van der Waals surface area contributed by atoms with Crippen LogP contribution in [0.5, 0.6) is 0 Å². The number of carbonyl (C=O) groups is 1. The number of nitrogens with two attached hydrogens (primary N) is 1. The second kappa shape index (κ2) is 8.77. The molecule has 202 valence electrons. The molecule has 1 aromatic carbocycles. The van der Waals surface area contributed by atoms with Crippen molar-refractivity contribution in [3.05, 3.63) is 47.7 Å². The maximum absolute atomic E-state index is 13.3. The summed E-state index contributed by atoms with van der Waals surface area (Å²) in [4.78, 5) is 20.5. The Morgan fingerprint density at radius 1 is 1.08 bits per heavy atom. The van der Waals surface area contributed by atoms with Gasteiger partial charge in [0, 0.05) is 55.1 Å². The van der Waals surface area contributed by atoms with Crippen LogP contribution in [-0.2, 0) is 10.2 Å². The van der Waals surface area contributed by atoms with Crippen LogP contribution < -0.4 is 11.1 Å². The molecule has 38 heavy (non-hydrogen) atoms. The first-order chi connectivity index (χ1) is 18.3. The van der Waals surface area contributed by atoms with Crippen LogP contribution in [0.25, 0.3) is 11.1 Å². The Labute approximate surface area is 225 Å². The van der Waals surface area contributed by atoms with Crippen molar-refractivity contribution in [1.29, 1.82) is 0 Å². The van der Waals surface area contributed by atoms with Crippen LogP contribution in [0, 0.1) is 11.8 Å². The molecule has 3 heterocycles. The first-order valence-corrected chi connectivity index (χ1v) is 14.5. The number of ether oxygens (including phenoxy) is 1. The second-order valence-electron chi connectivity index (χ2n) is 12.9. The number of piperidine rings is 1. The molecule has 4 saturated carbocycles. The van der Waals surface area contributed by atoms with E-state index in [1.807, 2.05) is 6.07 Å². The molecule has 4 N–H and O–H groups in total. The van der Waals surface area contributed by atoms with Gasteiger partial charge < -0.3 is 20.9 Å². The minimum atomic E-state index is -0.529. The number of carbonyl (C=O) groups excluding carboxylic acids is 1. The number of benzene rings is 1. The predicted molar refractivity (Wildman–Crippen MR) is 147 cm³/mol. The van der Waals surface area contributed by atoms with Gasteiger partial charge >= 0.3 is 0 Å². The maximum Gasteiger partial charge on any atom is 0.255 e. The molecule has 7 nitrogen and oxygen atoms in total. The Morgan fingerprint density at radius 3 is 2.45 bits per heavy atom. The van der Waals surface area contributed by atoms with Crippen LogP contribution in [0.2, 0.25) is 0 Å². The summed E-state index contributed by atoms with van der Waals surface area (Å²) in [6.07, 6.45) is 8.77. The molecule has 0 spiro atoms. The molecule has 0 unspecified atom stereocenters. The van der Waals surface area contributed by atoms with Crippen molar-refractivity contribution in [2.24, 2.45) is 11.8 Å². The van der Waals surface area contributed by atoms with Crippen molar-refractivity contribution in [2.45, 2.75) is 80.9 Å². The number of anilines is 1. The summed E-state index contributed by atoms with van der Waals surface area (Å²) < 4.78 is 5.59. The van der Waals surface area contributed by atoms with Crippen LogP contribution in [-0.4, -0.2) is 64.4 Å². The number of rotatable bonds is 5. The third-order valence-electron chi connectivity index (χ3n) is 11.1. The van der Waals surface area contributed by atoms with Crippen LogP contribution in [0.1, 0.15) is 74.2 Å². The van der Waals surface area contributed by atoms with Gasteiger partial charge in [0.05, 0.1) is 11.2 Å². The van der Waals surface area contributed by atoms with Gasteiger partial charge in [-0.25, -0.2) is 4.98 Å². The van der Waals surface area contributed by atoms with Gasteiger partial charge in [0.25, 0.3) is 5.91 Å². The normalized spacial score (nSPS) is 36.7. The summed E-state index contributed by atoms with van der Waals surface area (Å²) in [5.41, 5.74) is 9.52. The van der Waals surface area contributed by atoms with E-state index < -0.39 is 5.60 Å². The summed E-state index contributed by atoms with van der Waals surface area (Å²) in [6.45, 7) is 6.55. The van der Waals surface area contributed by atoms with Gasteiger partial charge in [-0.15, -0.1) is 0 Å². The minimum Gasteiger partial charge on any atom is -0.390 e. The molecule has 1 amide bonds. The van der Waals surface area contributed by atoms with Gasteiger partial charge in [-0.05, 0) is 80.4 Å². The number of pyridine rings is 1. The molecule has 3 atom stereocenters. The van der Waals surface area contributed by atoms with Gasteiger partial charge in [0.1, 0.15) is 5.82 Å². The number of nitrogen functional groups attached to an aromatic ring is 1. The molecule has 6 fully saturated rings. The number of aliphatic hydroxyl groups is 1. The molecule has 6 aliphatic rings. The predicted octanol–water partition coefficient (Wildman–Crippen LogP) is 3.90. The Morgan fingerprint density at radius 2 is 1.76 bits per heavy atom. The van der Waals surface area contributed by atoms with Crippen LogP contribution in [0.3, 0.4) is 0 Å². The summed E-state index contributed by atoms with van der Waals surface area (Å²) in [6, 6.07) is 11.5. The van der Waals surface area contributed by atoms with Gasteiger partial charge in [-0.3, -0.25) is 9.69 Å². The van der Waals surface area contributed by atoms with Gasteiger partial charge in [-0.1, -0.05) is 31.2 Å². The first-order valence-electron chi connectivity index (χ1n) is 14.5. The Balaban J connectivity index is 1.08. The highest BCUT2D eigenvalue weighted by atomic mass is 16.5. The minimum absolute atomic E-state index is 0.159. The zero-order valence-corrected chi connectivity index (χ0v) is 22.4. The van der Waals surface area contributed by atoms with Gasteiger partial charge in [-0.2, -0.15) is 0 Å². The fourth-order valence-corrected chi connectivity index (χ4v) is 8.31. The first kappa shape index (κ1) is 24.6. The van der Waals surface area contributed by atoms with E-state index in [1.165, 1.54) is 12.1 Å². The van der Waals surface area contributed by atoms with Crippen molar-refractivity contribution in [2.75, 3.05) is 32.0 Å². The molecule has 2 aliphatic heterocycles. The fraction of sp³-hybridized carbons (Fsp3) is 0.613. The van der Waals surface area contributed by atoms with E-state index >= 15 is 0 Å². The van der Waals surface area contributed by atoms with E-state index in [2.05, 4.69) is 46.4 Å². The number of hydrogen-bond donors (Lipinski definition) is 3. The fourth-order valence-electron chi connectivity index (χ4n) is 8.31. The molecule has 1 aromatic heterocycles. The van der Waals surface area contributed by atoms with Crippen molar-refractivity contribution in [1.82, 2.24) is 15.2 Å². The van der Waals surface area contributed by atoms with Gasteiger partial charge in [0.15, 0.2) is 0 Å². The van der Waals surface area contributed by atoms with E-state index in [4.69, 9.17) is 10.5 Å². The van der Waals surface area contributed by atoms with E-state index in [-0.39, 0.29) is 22.7 Å². The maximum atomic E-state index is 13.3. The summed E-state index contributed by atoms with van der Waals surface area (Å²) in [5, 5.41) is 13.8. The highest BCUT2D eigenvalue weighted by Crippen LogP contribution is 2.64. The molecule has 2 saturated heterocycles. The van der Waals surface area contributed by atoms with Crippen LogP contribution in [0.15, 0.2) is 36.5 Å². The smallest absolute Gasteiger partial charge is 0.255 e. The van der Waals surface area contributed by atoms with Gasteiger partial charge in [0.2, 0.25) is 0 Å². The summed E-state index contributed by atoms with van der Waals surface area (Å²) in [5.74, 6) is 1.55. The number of fused-ring (bicyclic) bond motifs is 4. The zero-order chi connectivity index (χ0) is 26.1. The SMILES string of the molecule is C[C@H]1[C@H]2CN(C3CCOCC3)C[C@]21c1ccc(-c2cnc(N)c(C(=O)NC34CCC(O)(CC3)CC4)c2)cc1. The molecule has 2 aromatic rings. The molecule has 2 bridgehead atoms. The summed E-state index contributed by atoms with van der Waals surface area (Å²) in [7, 11) is 0. The number of amides is 1. The lowest BCUT2D eigenvalue weighted by Crippen LogP contribution is -2.58. The lowest BCUT2D eigenvalue weighted by Gasteiger charge is -2.51. The molecular formula is C31H40N4O3. The van der Waals surface area contributed by atoms with Crippen molar-refractivity contribution < 1.29 is 14.6 Å². The average Bonchev–Trinajstić information content (AvgIpc) is 3.29. The Bertz CT molecular complexity index is 1220. The highest BCUT2D eigenvalue weighted by molar-refractivity contribution is 5.99. The van der Waals surface area contributed by atoms with E-state index in [0.29, 0.717) is 17.5 Å². The zero-order valence-electron chi connectivity index (χ0n) is 22.4.